The summed E-state index contributed by atoms with van der Waals surface area (Å²) in [6.07, 6.45) is 3.92. The Labute approximate surface area is 331 Å². The average Bonchev–Trinajstić information content (AvgIpc) is 3.85. The van der Waals surface area contributed by atoms with Crippen LogP contribution in [0.3, 0.4) is 0 Å². The van der Waals surface area contributed by atoms with Gasteiger partial charge in [0, 0.05) is 40.8 Å². The number of nitrogens with zero attached hydrogens (tertiary/aromatic N) is 3. The number of halogens is 2. The highest BCUT2D eigenvalue weighted by molar-refractivity contribution is 7.90. The Morgan fingerprint density at radius 1 is 1.02 bits per heavy atom. The van der Waals surface area contributed by atoms with Gasteiger partial charge >= 0.3 is 0 Å². The predicted molar refractivity (Wildman–Crippen MR) is 215 cm³/mol. The summed E-state index contributed by atoms with van der Waals surface area (Å²) in [5.74, 6) is -0.556. The Hall–Kier alpha value is -4.30. The number of rotatable bonds is 14. The summed E-state index contributed by atoms with van der Waals surface area (Å²) in [5.41, 5.74) is 6.10. The number of nitrogens with one attached hydrogen (secondary N) is 3. The van der Waals surface area contributed by atoms with E-state index < -0.39 is 26.9 Å². The summed E-state index contributed by atoms with van der Waals surface area (Å²) >= 11 is 13.2. The van der Waals surface area contributed by atoms with E-state index in [0.717, 1.165) is 67.0 Å². The first kappa shape index (κ1) is 40.4. The van der Waals surface area contributed by atoms with Crippen LogP contribution in [0.25, 0.3) is 22.0 Å². The largest absolute Gasteiger partial charge is 0.494 e. The minimum absolute atomic E-state index is 0.0500. The van der Waals surface area contributed by atoms with Gasteiger partial charge in [0.15, 0.2) is 5.76 Å². The molecule has 1 fully saturated rings. The van der Waals surface area contributed by atoms with Crippen LogP contribution in [0.15, 0.2) is 45.9 Å². The molecule has 0 bridgehead atoms. The number of ether oxygens (including phenoxy) is 1. The van der Waals surface area contributed by atoms with Crippen molar-refractivity contribution in [2.45, 2.75) is 71.8 Å². The van der Waals surface area contributed by atoms with E-state index in [0.29, 0.717) is 69.7 Å². The van der Waals surface area contributed by atoms with Gasteiger partial charge in [0.2, 0.25) is 5.09 Å². The van der Waals surface area contributed by atoms with Crippen molar-refractivity contribution in [1.29, 1.82) is 0 Å². The minimum Gasteiger partial charge on any atom is -0.494 e. The van der Waals surface area contributed by atoms with Crippen LogP contribution in [0.1, 0.15) is 81.7 Å². The summed E-state index contributed by atoms with van der Waals surface area (Å²) in [7, 11) is -2.68. The fourth-order valence-electron chi connectivity index (χ4n) is 7.42. The van der Waals surface area contributed by atoms with Crippen molar-refractivity contribution in [3.8, 4) is 16.9 Å². The summed E-state index contributed by atoms with van der Waals surface area (Å²) in [6.45, 7) is 13.6. The van der Waals surface area contributed by atoms with Gasteiger partial charge in [0.25, 0.3) is 21.8 Å². The number of carbonyl (C=O) groups excluding carboxylic acids is 2. The van der Waals surface area contributed by atoms with E-state index in [-0.39, 0.29) is 11.5 Å². The normalized spacial score (nSPS) is 14.1. The Kier molecular flexibility index (Phi) is 12.3. The highest BCUT2D eigenvalue weighted by atomic mass is 35.5. The number of hydrogen-bond donors (Lipinski definition) is 3. The monoisotopic (exact) mass is 810 g/mol. The first-order chi connectivity index (χ1) is 26.2. The summed E-state index contributed by atoms with van der Waals surface area (Å²) < 4.78 is 42.6. The van der Waals surface area contributed by atoms with Gasteiger partial charge in [-0.1, -0.05) is 36.2 Å². The molecule has 1 saturated heterocycles. The molecule has 0 aliphatic carbocycles. The molecule has 0 atom stereocenters. The van der Waals surface area contributed by atoms with E-state index in [4.69, 9.17) is 32.4 Å². The van der Waals surface area contributed by atoms with Gasteiger partial charge in [-0.25, -0.2) is 4.72 Å². The molecule has 15 heteroatoms. The molecule has 4 heterocycles. The van der Waals surface area contributed by atoms with Crippen LogP contribution in [0.4, 0.5) is 0 Å². The van der Waals surface area contributed by atoms with E-state index in [9.17, 15) is 18.0 Å². The standard InChI is InChI=1S/C40H48Cl2N6O6S/c1-7-16-48-17-14-27(15-18-48)22-43-39(49)32-12-13-33(54-32)55(51,52)46-40(50)38-29(9-8-19-53-28-20-23(2)36(42)24(3)21-28)30-10-11-31(41)35(37(30)44-38)34-25(4)45-47(6)26(34)5/h10-13,20-21,27,44H,7-9,14-19,22H2,1-6H3,(H,43,49)(H,46,50). The maximum Gasteiger partial charge on any atom is 0.297 e. The van der Waals surface area contributed by atoms with Crippen molar-refractivity contribution in [2.24, 2.45) is 13.0 Å². The van der Waals surface area contributed by atoms with Crippen molar-refractivity contribution >= 4 is 55.9 Å². The molecule has 3 aromatic heterocycles. The molecule has 2 amide bonds. The smallest absolute Gasteiger partial charge is 0.297 e. The second-order valence-electron chi connectivity index (χ2n) is 14.4. The maximum atomic E-state index is 14.0. The van der Waals surface area contributed by atoms with Crippen molar-refractivity contribution in [3.05, 3.63) is 86.0 Å². The van der Waals surface area contributed by atoms with Gasteiger partial charge < -0.3 is 24.4 Å². The number of aromatic amines is 1. The van der Waals surface area contributed by atoms with E-state index >= 15 is 0 Å². The zero-order valence-electron chi connectivity index (χ0n) is 32.1. The van der Waals surface area contributed by atoms with Crippen LogP contribution >= 0.6 is 23.2 Å². The van der Waals surface area contributed by atoms with Gasteiger partial charge in [-0.3, -0.25) is 14.3 Å². The SMILES string of the molecule is CCCN1CCC(CNC(=O)c2ccc(S(=O)(=O)NC(=O)c3[nH]c4c(-c5c(C)nn(C)c5C)c(Cl)ccc4c3CCCOc3cc(C)c(Cl)c(C)c3)o2)CC1. The predicted octanol–water partition coefficient (Wildman–Crippen LogP) is 7.68. The Morgan fingerprint density at radius 2 is 1.73 bits per heavy atom. The van der Waals surface area contributed by atoms with Crippen molar-refractivity contribution in [2.75, 3.05) is 32.8 Å². The minimum atomic E-state index is -4.52. The van der Waals surface area contributed by atoms with Crippen molar-refractivity contribution in [1.82, 2.24) is 29.7 Å². The first-order valence-electron chi connectivity index (χ1n) is 18.6. The number of carbonyl (C=O) groups is 2. The van der Waals surface area contributed by atoms with E-state index in [1.165, 1.54) is 12.1 Å². The second kappa shape index (κ2) is 16.8. The molecular weight excluding hydrogens is 763 g/mol. The van der Waals surface area contributed by atoms with Crippen LogP contribution in [0.5, 0.6) is 5.75 Å². The number of aromatic nitrogens is 3. The maximum absolute atomic E-state index is 14.0. The number of hydrogen-bond acceptors (Lipinski definition) is 8. The Balaban J connectivity index is 1.23. The second-order valence-corrected chi connectivity index (χ2v) is 16.8. The molecule has 0 unspecified atom stereocenters. The number of H-pyrrole nitrogens is 1. The lowest BCUT2D eigenvalue weighted by Crippen LogP contribution is -2.38. The number of fused-ring (bicyclic) bond motifs is 1. The summed E-state index contributed by atoms with van der Waals surface area (Å²) in [6, 6.07) is 9.80. The molecule has 0 saturated carbocycles. The number of amides is 2. The molecule has 3 N–H and O–H groups in total. The van der Waals surface area contributed by atoms with Crippen molar-refractivity contribution in [3.63, 3.8) is 0 Å². The number of aryl methyl sites for hydroxylation is 5. The average molecular weight is 812 g/mol. The molecule has 6 rings (SSSR count). The molecule has 1 aliphatic rings. The van der Waals surface area contributed by atoms with E-state index in [1.54, 1.807) is 10.7 Å². The third-order valence-electron chi connectivity index (χ3n) is 10.4. The van der Waals surface area contributed by atoms with Crippen LogP contribution in [-0.4, -0.2) is 72.7 Å². The van der Waals surface area contributed by atoms with Gasteiger partial charge in [-0.15, -0.1) is 0 Å². The third-order valence-corrected chi connectivity index (χ3v) is 12.5. The van der Waals surface area contributed by atoms with E-state index in [2.05, 4.69) is 31.9 Å². The zero-order chi connectivity index (χ0) is 39.6. The quantitative estimate of drug-likeness (QED) is 0.0967. The summed E-state index contributed by atoms with van der Waals surface area (Å²) in [4.78, 5) is 32.6. The van der Waals surface area contributed by atoms with Gasteiger partial charge in [-0.05, 0) is 132 Å². The van der Waals surface area contributed by atoms with E-state index in [1.807, 2.05) is 52.9 Å². The number of benzene rings is 2. The van der Waals surface area contributed by atoms with Gasteiger partial charge in [0.05, 0.1) is 22.8 Å². The topological polar surface area (TPSA) is 152 Å². The first-order valence-corrected chi connectivity index (χ1v) is 20.8. The molecule has 1 aliphatic heterocycles. The Morgan fingerprint density at radius 3 is 2.38 bits per heavy atom. The Bertz CT molecular complexity index is 2320. The molecule has 0 spiro atoms. The lowest BCUT2D eigenvalue weighted by molar-refractivity contribution is 0.0903. The number of likely N-dealkylation sites (tertiary alicyclic amines) is 1. The molecular formula is C40H48Cl2N6O6S. The molecule has 55 heavy (non-hydrogen) atoms. The highest BCUT2D eigenvalue weighted by Crippen LogP contribution is 2.40. The fraction of sp³-hybridized carbons (Fsp3) is 0.425. The van der Waals surface area contributed by atoms with Gasteiger partial charge in [-0.2, -0.15) is 13.5 Å². The zero-order valence-corrected chi connectivity index (χ0v) is 34.4. The lowest BCUT2D eigenvalue weighted by atomic mass is 9.96. The molecule has 12 nitrogen and oxygen atoms in total. The number of furan rings is 1. The summed E-state index contributed by atoms with van der Waals surface area (Å²) in [5, 5.41) is 8.72. The molecule has 5 aromatic rings. The van der Waals surface area contributed by atoms with Crippen molar-refractivity contribution < 1.29 is 27.2 Å². The fourth-order valence-corrected chi connectivity index (χ4v) is 8.67. The van der Waals surface area contributed by atoms with Crippen LogP contribution in [-0.2, 0) is 23.5 Å². The molecule has 294 valence electrons. The van der Waals surface area contributed by atoms with Crippen LogP contribution in [0.2, 0.25) is 10.0 Å². The number of piperidine rings is 1. The highest BCUT2D eigenvalue weighted by Gasteiger charge is 2.29. The van der Waals surface area contributed by atoms with Gasteiger partial charge in [0.1, 0.15) is 11.4 Å². The number of sulfonamides is 1. The lowest BCUT2D eigenvalue weighted by Gasteiger charge is -2.31. The molecule has 2 aromatic carbocycles. The molecule has 0 radical (unpaired) electrons. The third kappa shape index (κ3) is 8.75. The van der Waals surface area contributed by atoms with Crippen LogP contribution in [0, 0.1) is 33.6 Å². The van der Waals surface area contributed by atoms with Crippen LogP contribution < -0.4 is 14.8 Å².